The molecule has 7 heteroatoms. The van der Waals surface area contributed by atoms with Gasteiger partial charge >= 0.3 is 0 Å². The third kappa shape index (κ3) is 3.42. The molecule has 1 fully saturated rings. The molecule has 3 aromatic carbocycles. The summed E-state index contributed by atoms with van der Waals surface area (Å²) in [7, 11) is 3.04. The molecule has 0 amide bonds. The van der Waals surface area contributed by atoms with Crippen LogP contribution in [-0.4, -0.2) is 30.9 Å². The molecule has 0 N–H and O–H groups in total. The van der Waals surface area contributed by atoms with Crippen molar-refractivity contribution in [1.82, 2.24) is 4.90 Å². The number of halogens is 1. The van der Waals surface area contributed by atoms with Gasteiger partial charge in [0.15, 0.2) is 22.7 Å². The zero-order valence-electron chi connectivity index (χ0n) is 19.7. The number of ketones is 1. The van der Waals surface area contributed by atoms with Gasteiger partial charge in [0.1, 0.15) is 6.04 Å². The molecule has 178 valence electrons. The van der Waals surface area contributed by atoms with Gasteiger partial charge in [-0.2, -0.15) is 10.5 Å². The van der Waals surface area contributed by atoms with Crippen molar-refractivity contribution >= 4 is 23.5 Å². The van der Waals surface area contributed by atoms with Gasteiger partial charge in [-0.25, -0.2) is 0 Å². The van der Waals surface area contributed by atoms with Crippen molar-refractivity contribution in [3.05, 3.63) is 100 Å². The topological polar surface area (TPSA) is 86.3 Å². The Morgan fingerprint density at radius 3 is 2.33 bits per heavy atom. The van der Waals surface area contributed by atoms with E-state index in [9.17, 15) is 15.3 Å². The molecule has 2 aliphatic heterocycles. The molecular weight excluding hydrogens is 474 g/mol. The van der Waals surface area contributed by atoms with E-state index in [1.807, 2.05) is 41.4 Å². The maximum atomic E-state index is 14.2. The van der Waals surface area contributed by atoms with Crippen molar-refractivity contribution in [2.24, 2.45) is 5.41 Å². The zero-order valence-corrected chi connectivity index (χ0v) is 20.4. The molecule has 0 spiro atoms. The summed E-state index contributed by atoms with van der Waals surface area (Å²) in [5, 5.41) is 21.7. The molecule has 2 heterocycles. The Morgan fingerprint density at radius 1 is 0.972 bits per heavy atom. The number of methoxy groups -OCH3 is 2. The summed E-state index contributed by atoms with van der Waals surface area (Å²) < 4.78 is 10.8. The molecule has 0 bridgehead atoms. The lowest BCUT2D eigenvalue weighted by Gasteiger charge is -2.34. The Hall–Kier alpha value is -4.26. The molecule has 0 radical (unpaired) electrons. The number of rotatable bonds is 5. The van der Waals surface area contributed by atoms with E-state index < -0.39 is 23.4 Å². The van der Waals surface area contributed by atoms with E-state index in [0.717, 1.165) is 11.1 Å². The number of carbonyl (C=O) groups is 1. The Bertz CT molecular complexity index is 1440. The van der Waals surface area contributed by atoms with E-state index in [4.69, 9.17) is 21.1 Å². The van der Waals surface area contributed by atoms with Crippen molar-refractivity contribution in [1.29, 1.82) is 10.5 Å². The van der Waals surface area contributed by atoms with Crippen LogP contribution in [0.2, 0.25) is 5.02 Å². The maximum Gasteiger partial charge on any atom is 0.186 e. The van der Waals surface area contributed by atoms with Crippen molar-refractivity contribution < 1.29 is 14.3 Å². The number of ether oxygens (including phenoxy) is 2. The summed E-state index contributed by atoms with van der Waals surface area (Å²) in [4.78, 5) is 16.1. The van der Waals surface area contributed by atoms with Gasteiger partial charge in [0.25, 0.3) is 0 Å². The van der Waals surface area contributed by atoms with Crippen LogP contribution >= 0.6 is 11.6 Å². The minimum atomic E-state index is -1.54. The Morgan fingerprint density at radius 2 is 1.67 bits per heavy atom. The molecule has 36 heavy (non-hydrogen) atoms. The molecular formula is C29H22ClN3O3. The third-order valence-electron chi connectivity index (χ3n) is 7.11. The quantitative estimate of drug-likeness (QED) is 0.418. The Kier molecular flexibility index (Phi) is 5.92. The lowest BCUT2D eigenvalue weighted by molar-refractivity contribution is 0.0874. The molecule has 0 aliphatic carbocycles. The van der Waals surface area contributed by atoms with Crippen molar-refractivity contribution in [3.63, 3.8) is 0 Å². The predicted molar refractivity (Wildman–Crippen MR) is 136 cm³/mol. The molecule has 5 rings (SSSR count). The lowest BCUT2D eigenvalue weighted by Crippen LogP contribution is -2.37. The van der Waals surface area contributed by atoms with E-state index in [2.05, 4.69) is 12.1 Å². The highest BCUT2D eigenvalue weighted by atomic mass is 35.5. The second kappa shape index (κ2) is 9.07. The number of hydrogen-bond donors (Lipinski definition) is 0. The standard InChI is InChI=1S/C29H22ClN3O3/c1-35-23-12-9-20(15-24(23)36-2)27(34)26-25(19-7-10-21(30)11-8-19)29(16-31,17-32)28-22-6-4-3-5-18(22)13-14-33(26)28/h3-15,25-26,28H,1-2H3. The fraction of sp³-hybridized carbons (Fsp3) is 0.207. The summed E-state index contributed by atoms with van der Waals surface area (Å²) >= 11 is 6.16. The highest BCUT2D eigenvalue weighted by Gasteiger charge is 2.63. The van der Waals surface area contributed by atoms with E-state index >= 15 is 0 Å². The van der Waals surface area contributed by atoms with E-state index in [1.54, 1.807) is 42.5 Å². The Balaban J connectivity index is 1.74. The van der Waals surface area contributed by atoms with Crippen molar-refractivity contribution in [3.8, 4) is 23.6 Å². The number of fused-ring (bicyclic) bond motifs is 3. The first-order chi connectivity index (χ1) is 17.5. The summed E-state index contributed by atoms with van der Waals surface area (Å²) in [6, 6.07) is 22.9. The van der Waals surface area contributed by atoms with Crippen LogP contribution in [0.1, 0.15) is 39.0 Å². The summed E-state index contributed by atoms with van der Waals surface area (Å²) in [5.41, 5.74) is 1.31. The van der Waals surface area contributed by atoms with E-state index in [1.165, 1.54) is 14.2 Å². The van der Waals surface area contributed by atoms with Crippen molar-refractivity contribution in [2.75, 3.05) is 14.2 Å². The lowest BCUT2D eigenvalue weighted by atomic mass is 9.67. The number of nitriles is 2. The Labute approximate surface area is 214 Å². The molecule has 3 unspecified atom stereocenters. The van der Waals surface area contributed by atoms with Crippen LogP contribution in [0.25, 0.3) is 6.08 Å². The van der Waals surface area contributed by atoms with Crippen LogP contribution in [0.4, 0.5) is 0 Å². The van der Waals surface area contributed by atoms with Gasteiger partial charge in [-0.3, -0.25) is 4.79 Å². The van der Waals surface area contributed by atoms with Gasteiger partial charge < -0.3 is 14.4 Å². The summed E-state index contributed by atoms with van der Waals surface area (Å²) in [6.07, 6.45) is 3.75. The second-order valence-corrected chi connectivity index (χ2v) is 9.23. The van der Waals surface area contributed by atoms with Crippen molar-refractivity contribution in [2.45, 2.75) is 18.0 Å². The predicted octanol–water partition coefficient (Wildman–Crippen LogP) is 5.77. The second-order valence-electron chi connectivity index (χ2n) is 8.80. The summed E-state index contributed by atoms with van der Waals surface area (Å²) in [6.45, 7) is 0. The SMILES string of the molecule is COc1ccc(C(=O)C2C(c3ccc(Cl)cc3)C(C#N)(C#N)C3c4ccccc4C=CN23)cc1OC. The van der Waals surface area contributed by atoms with Crippen LogP contribution in [0.3, 0.4) is 0 Å². The molecule has 2 aliphatic rings. The van der Waals surface area contributed by atoms with Gasteiger partial charge in [0, 0.05) is 22.7 Å². The average Bonchev–Trinajstić information content (AvgIpc) is 3.23. The first kappa shape index (κ1) is 23.5. The number of hydrogen-bond acceptors (Lipinski definition) is 6. The van der Waals surface area contributed by atoms with Gasteiger partial charge in [-0.15, -0.1) is 0 Å². The summed E-state index contributed by atoms with van der Waals surface area (Å²) in [5.74, 6) is -0.0430. The van der Waals surface area contributed by atoms with E-state index in [-0.39, 0.29) is 5.78 Å². The first-order valence-electron chi connectivity index (χ1n) is 11.4. The van der Waals surface area contributed by atoms with Crippen LogP contribution in [0, 0.1) is 28.1 Å². The van der Waals surface area contributed by atoms with Gasteiger partial charge in [-0.05, 0) is 53.1 Å². The zero-order chi connectivity index (χ0) is 25.4. The average molecular weight is 496 g/mol. The smallest absolute Gasteiger partial charge is 0.186 e. The minimum Gasteiger partial charge on any atom is -0.493 e. The van der Waals surface area contributed by atoms with E-state index in [0.29, 0.717) is 27.6 Å². The molecule has 0 saturated carbocycles. The van der Waals surface area contributed by atoms with Gasteiger partial charge in [0.05, 0.1) is 32.4 Å². The molecule has 6 nitrogen and oxygen atoms in total. The van der Waals surface area contributed by atoms with Gasteiger partial charge in [0.2, 0.25) is 0 Å². The monoisotopic (exact) mass is 495 g/mol. The number of carbonyl (C=O) groups excluding carboxylic acids is 1. The maximum absolute atomic E-state index is 14.2. The number of benzene rings is 3. The molecule has 1 saturated heterocycles. The largest absolute Gasteiger partial charge is 0.493 e. The minimum absolute atomic E-state index is 0.225. The molecule has 0 aromatic heterocycles. The molecule has 3 aromatic rings. The van der Waals surface area contributed by atoms with Crippen LogP contribution < -0.4 is 9.47 Å². The highest BCUT2D eigenvalue weighted by molar-refractivity contribution is 6.30. The fourth-order valence-corrected chi connectivity index (χ4v) is 5.62. The van der Waals surface area contributed by atoms with Gasteiger partial charge in [-0.1, -0.05) is 48.0 Å². The highest BCUT2D eigenvalue weighted by Crippen LogP contribution is 2.60. The number of Topliss-reactive ketones (excluding diaryl/α,β-unsaturated/α-hetero) is 1. The first-order valence-corrected chi connectivity index (χ1v) is 11.8. The van der Waals surface area contributed by atoms with Crippen LogP contribution in [0.5, 0.6) is 11.5 Å². The van der Waals surface area contributed by atoms with Crippen LogP contribution in [0.15, 0.2) is 72.9 Å². The normalized spacial score (nSPS) is 21.0. The fourth-order valence-electron chi connectivity index (χ4n) is 5.50. The molecule has 3 atom stereocenters. The third-order valence-corrected chi connectivity index (χ3v) is 7.36. The van der Waals surface area contributed by atoms with Crippen LogP contribution in [-0.2, 0) is 0 Å². The number of nitrogens with zero attached hydrogens (tertiary/aromatic N) is 3.